The van der Waals surface area contributed by atoms with Gasteiger partial charge in [-0.2, -0.15) is 0 Å². The van der Waals surface area contributed by atoms with Crippen molar-refractivity contribution in [2.75, 3.05) is 0 Å². The van der Waals surface area contributed by atoms with Gasteiger partial charge in [0.1, 0.15) is 11.5 Å². The summed E-state index contributed by atoms with van der Waals surface area (Å²) in [6.45, 7) is 0. The zero-order chi connectivity index (χ0) is 24.6. The molecule has 0 bridgehead atoms. The third-order valence-corrected chi connectivity index (χ3v) is 6.56. The largest absolute Gasteiger partial charge is 0.455 e. The maximum Gasteiger partial charge on any atom is 0.167 e. The fourth-order valence-electron chi connectivity index (χ4n) is 4.81. The molecule has 0 aliphatic carbocycles. The highest BCUT2D eigenvalue weighted by atomic mass is 16.5. The second kappa shape index (κ2) is 8.85. The van der Waals surface area contributed by atoms with Crippen LogP contribution >= 0.6 is 0 Å². The number of rotatable bonds is 3. The van der Waals surface area contributed by atoms with Crippen LogP contribution in [-0.4, -0.2) is 15.0 Å². The average Bonchev–Trinajstić information content (AvgIpc) is 3.12. The molecule has 0 unspecified atom stereocenters. The first-order valence-corrected chi connectivity index (χ1v) is 12.2. The Morgan fingerprint density at radius 2 is 0.811 bits per heavy atom. The lowest BCUT2D eigenvalue weighted by atomic mass is 9.93. The van der Waals surface area contributed by atoms with E-state index in [1.54, 1.807) is 0 Å². The first-order valence-electron chi connectivity index (χ1n) is 12.2. The molecular weight excluding hydrogens is 454 g/mol. The van der Waals surface area contributed by atoms with Gasteiger partial charge in [-0.05, 0) is 23.3 Å². The summed E-state index contributed by atoms with van der Waals surface area (Å²) >= 11 is 0. The number of benzene rings is 5. The molecule has 7 rings (SSSR count). The van der Waals surface area contributed by atoms with E-state index < -0.39 is 0 Å². The summed E-state index contributed by atoms with van der Waals surface area (Å²) in [5.74, 6) is 3.36. The van der Waals surface area contributed by atoms with Crippen LogP contribution in [0.3, 0.4) is 0 Å². The highest BCUT2D eigenvalue weighted by Crippen LogP contribution is 2.49. The Morgan fingerprint density at radius 3 is 1.46 bits per heavy atom. The van der Waals surface area contributed by atoms with E-state index in [1.807, 2.05) is 91.0 Å². The Kier molecular flexibility index (Phi) is 5.07. The van der Waals surface area contributed by atoms with E-state index in [0.717, 1.165) is 50.4 Å². The van der Waals surface area contributed by atoms with Crippen molar-refractivity contribution < 1.29 is 4.74 Å². The normalized spacial score (nSPS) is 11.5. The molecule has 0 radical (unpaired) electrons. The van der Waals surface area contributed by atoms with Gasteiger partial charge in [0, 0.05) is 22.3 Å². The molecule has 0 spiro atoms. The Bertz CT molecular complexity index is 1690. The molecule has 0 saturated carbocycles. The molecule has 174 valence electrons. The van der Waals surface area contributed by atoms with Gasteiger partial charge < -0.3 is 4.74 Å². The molecule has 0 fully saturated rings. The Labute approximate surface area is 214 Å². The second-order valence-electron chi connectivity index (χ2n) is 8.86. The maximum atomic E-state index is 6.66. The van der Waals surface area contributed by atoms with Crippen LogP contribution in [0.5, 0.6) is 11.5 Å². The quantitative estimate of drug-likeness (QED) is 0.258. The topological polar surface area (TPSA) is 47.9 Å². The zero-order valence-electron chi connectivity index (χ0n) is 19.9. The number of ether oxygens (including phenoxy) is 1. The number of fused-ring (bicyclic) bond motifs is 5. The van der Waals surface area contributed by atoms with Gasteiger partial charge in [0.05, 0.1) is 5.56 Å². The second-order valence-corrected chi connectivity index (χ2v) is 8.86. The standard InChI is InChI=1S/C33H21N3O/c1-3-12-22(13-4-1)31-34-32(23-14-5-2-6-15-23)36-33(35-31)28-20-11-19-27-25-17-8-7-16-24(25)26-18-9-10-21-29(26)37-30(27)28/h1-21H. The molecule has 4 heteroatoms. The van der Waals surface area contributed by atoms with Crippen molar-refractivity contribution >= 4 is 0 Å². The summed E-state index contributed by atoms with van der Waals surface area (Å²) < 4.78 is 6.66. The van der Waals surface area contributed by atoms with Gasteiger partial charge in [0.15, 0.2) is 17.5 Å². The van der Waals surface area contributed by atoms with Crippen LogP contribution in [0.25, 0.3) is 56.4 Å². The minimum Gasteiger partial charge on any atom is -0.455 e. The van der Waals surface area contributed by atoms with Crippen molar-refractivity contribution in [1.82, 2.24) is 15.0 Å². The molecule has 6 aromatic rings. The van der Waals surface area contributed by atoms with Gasteiger partial charge in [0.2, 0.25) is 0 Å². The summed E-state index contributed by atoms with van der Waals surface area (Å²) in [5.41, 5.74) is 7.01. The highest BCUT2D eigenvalue weighted by molar-refractivity contribution is 5.93. The highest BCUT2D eigenvalue weighted by Gasteiger charge is 2.24. The van der Waals surface area contributed by atoms with Gasteiger partial charge in [-0.25, -0.2) is 15.0 Å². The number of hydrogen-bond acceptors (Lipinski definition) is 4. The van der Waals surface area contributed by atoms with E-state index in [-0.39, 0.29) is 0 Å². The summed E-state index contributed by atoms with van der Waals surface area (Å²) in [7, 11) is 0. The summed E-state index contributed by atoms with van der Waals surface area (Å²) in [5, 5.41) is 0. The molecule has 1 aliphatic heterocycles. The van der Waals surface area contributed by atoms with Crippen molar-refractivity contribution in [3.8, 4) is 67.9 Å². The van der Waals surface area contributed by atoms with Crippen LogP contribution in [-0.2, 0) is 0 Å². The van der Waals surface area contributed by atoms with Crippen LogP contribution in [0, 0.1) is 0 Å². The third kappa shape index (κ3) is 3.76. The average molecular weight is 476 g/mol. The molecule has 4 nitrogen and oxygen atoms in total. The maximum absolute atomic E-state index is 6.66. The molecule has 2 heterocycles. The van der Waals surface area contributed by atoms with E-state index >= 15 is 0 Å². The van der Waals surface area contributed by atoms with E-state index in [0.29, 0.717) is 17.5 Å². The van der Waals surface area contributed by atoms with Gasteiger partial charge in [-0.15, -0.1) is 0 Å². The van der Waals surface area contributed by atoms with Gasteiger partial charge >= 0.3 is 0 Å². The lowest BCUT2D eigenvalue weighted by molar-refractivity contribution is 0.489. The number of aromatic nitrogens is 3. The Morgan fingerprint density at radius 1 is 0.351 bits per heavy atom. The fourth-order valence-corrected chi connectivity index (χ4v) is 4.81. The first kappa shape index (κ1) is 21.2. The molecular formula is C33H21N3O. The first-order chi connectivity index (χ1) is 18.3. The van der Waals surface area contributed by atoms with E-state index in [4.69, 9.17) is 19.7 Å². The SMILES string of the molecule is c1ccc(-c2nc(-c3ccccc3)nc(-c3cccc4c3Oc3ccccc3-c3ccccc3-4)n2)cc1. The smallest absolute Gasteiger partial charge is 0.167 e. The molecule has 5 aromatic carbocycles. The fraction of sp³-hybridized carbons (Fsp3) is 0. The number of para-hydroxylation sites is 2. The molecule has 1 aromatic heterocycles. The third-order valence-electron chi connectivity index (χ3n) is 6.56. The van der Waals surface area contributed by atoms with Crippen molar-refractivity contribution in [2.24, 2.45) is 0 Å². The van der Waals surface area contributed by atoms with E-state index in [2.05, 4.69) is 36.4 Å². The molecule has 0 saturated heterocycles. The van der Waals surface area contributed by atoms with Crippen LogP contribution in [0.4, 0.5) is 0 Å². The summed E-state index contributed by atoms with van der Waals surface area (Å²) in [4.78, 5) is 14.7. The van der Waals surface area contributed by atoms with Gasteiger partial charge in [-0.3, -0.25) is 0 Å². The lowest BCUT2D eigenvalue weighted by Crippen LogP contribution is -2.01. The van der Waals surface area contributed by atoms with Crippen molar-refractivity contribution in [1.29, 1.82) is 0 Å². The number of hydrogen-bond donors (Lipinski definition) is 0. The predicted molar refractivity (Wildman–Crippen MR) is 147 cm³/mol. The summed E-state index contributed by atoms with van der Waals surface area (Å²) in [6, 6.07) is 42.7. The molecule has 0 atom stereocenters. The minimum atomic E-state index is 0.571. The number of nitrogens with zero attached hydrogens (tertiary/aromatic N) is 3. The van der Waals surface area contributed by atoms with Crippen LogP contribution in [0.15, 0.2) is 127 Å². The van der Waals surface area contributed by atoms with Crippen molar-refractivity contribution in [2.45, 2.75) is 0 Å². The molecule has 0 N–H and O–H groups in total. The Balaban J connectivity index is 1.49. The monoisotopic (exact) mass is 475 g/mol. The predicted octanol–water partition coefficient (Wildman–Crippen LogP) is 8.31. The minimum absolute atomic E-state index is 0.571. The van der Waals surface area contributed by atoms with Crippen LogP contribution in [0.2, 0.25) is 0 Å². The summed E-state index contributed by atoms with van der Waals surface area (Å²) in [6.07, 6.45) is 0. The molecule has 0 amide bonds. The van der Waals surface area contributed by atoms with Gasteiger partial charge in [0.25, 0.3) is 0 Å². The van der Waals surface area contributed by atoms with Crippen molar-refractivity contribution in [3.63, 3.8) is 0 Å². The van der Waals surface area contributed by atoms with Crippen LogP contribution in [0.1, 0.15) is 0 Å². The van der Waals surface area contributed by atoms with E-state index in [9.17, 15) is 0 Å². The van der Waals surface area contributed by atoms with E-state index in [1.165, 1.54) is 0 Å². The molecule has 1 aliphatic rings. The van der Waals surface area contributed by atoms with Gasteiger partial charge in [-0.1, -0.05) is 115 Å². The lowest BCUT2D eigenvalue weighted by Gasteiger charge is -2.15. The van der Waals surface area contributed by atoms with Crippen LogP contribution < -0.4 is 4.74 Å². The van der Waals surface area contributed by atoms with Crippen molar-refractivity contribution in [3.05, 3.63) is 127 Å². The molecule has 37 heavy (non-hydrogen) atoms. The Hall–Kier alpha value is -5.09. The zero-order valence-corrected chi connectivity index (χ0v) is 19.9.